The van der Waals surface area contributed by atoms with Crippen LogP contribution in [0.1, 0.15) is 12.5 Å². The first-order valence-corrected chi connectivity index (χ1v) is 8.86. The van der Waals surface area contributed by atoms with Gasteiger partial charge < -0.3 is 14.8 Å². The number of anilines is 1. The third-order valence-corrected chi connectivity index (χ3v) is 4.43. The van der Waals surface area contributed by atoms with Gasteiger partial charge in [0.15, 0.2) is 0 Å². The third-order valence-electron chi connectivity index (χ3n) is 3.73. The zero-order chi connectivity index (χ0) is 19.8. The molecule has 27 heavy (non-hydrogen) atoms. The lowest BCUT2D eigenvalue weighted by molar-refractivity contribution is -0.131. The van der Waals surface area contributed by atoms with Crippen LogP contribution in [0.25, 0.3) is 0 Å². The van der Waals surface area contributed by atoms with Crippen molar-refractivity contribution in [2.45, 2.75) is 6.92 Å². The Morgan fingerprint density at radius 3 is 2.52 bits per heavy atom. The van der Waals surface area contributed by atoms with E-state index >= 15 is 0 Å². The Hall–Kier alpha value is -2.87. The maximum atomic E-state index is 12.2. The van der Waals surface area contributed by atoms with Crippen molar-refractivity contribution in [2.75, 3.05) is 19.5 Å². The summed E-state index contributed by atoms with van der Waals surface area (Å²) in [7, 11) is 3.09. The quantitative estimate of drug-likeness (QED) is 0.398. The molecule has 2 aromatic carbocycles. The molecule has 1 unspecified atom stereocenters. The number of nitrogens with one attached hydrogen (secondary N) is 2. The number of halogens is 1. The zero-order valence-corrected chi connectivity index (χ0v) is 16.7. The number of hydrazone groups is 1. The minimum Gasteiger partial charge on any atom is -0.497 e. The van der Waals surface area contributed by atoms with E-state index in [1.807, 2.05) is 6.07 Å². The van der Waals surface area contributed by atoms with Gasteiger partial charge in [-0.3, -0.25) is 9.59 Å². The molecule has 0 saturated carbocycles. The van der Waals surface area contributed by atoms with Gasteiger partial charge in [-0.05, 0) is 53.2 Å². The van der Waals surface area contributed by atoms with Gasteiger partial charge in [0.1, 0.15) is 17.4 Å². The summed E-state index contributed by atoms with van der Waals surface area (Å²) in [4.78, 5) is 24.4. The second-order valence-electron chi connectivity index (χ2n) is 5.53. The Balaban J connectivity index is 1.99. The molecule has 2 amide bonds. The van der Waals surface area contributed by atoms with E-state index in [-0.39, 0.29) is 0 Å². The molecule has 0 heterocycles. The van der Waals surface area contributed by atoms with Crippen molar-refractivity contribution in [2.24, 2.45) is 11.0 Å². The van der Waals surface area contributed by atoms with E-state index in [0.717, 1.165) is 4.47 Å². The highest BCUT2D eigenvalue weighted by Gasteiger charge is 2.21. The highest BCUT2D eigenvalue weighted by Crippen LogP contribution is 2.23. The van der Waals surface area contributed by atoms with Crippen LogP contribution in [0.5, 0.6) is 11.5 Å². The molecule has 2 aromatic rings. The second-order valence-corrected chi connectivity index (χ2v) is 6.39. The van der Waals surface area contributed by atoms with Gasteiger partial charge in [0.2, 0.25) is 5.91 Å². The van der Waals surface area contributed by atoms with Crippen LogP contribution in [0.4, 0.5) is 5.69 Å². The molecule has 8 heteroatoms. The maximum Gasteiger partial charge on any atom is 0.252 e. The monoisotopic (exact) mass is 433 g/mol. The molecule has 0 aromatic heterocycles. The Morgan fingerprint density at radius 2 is 1.85 bits per heavy atom. The summed E-state index contributed by atoms with van der Waals surface area (Å²) >= 11 is 3.34. The van der Waals surface area contributed by atoms with Gasteiger partial charge in [-0.2, -0.15) is 5.10 Å². The van der Waals surface area contributed by atoms with Crippen LogP contribution in [-0.4, -0.2) is 32.2 Å². The van der Waals surface area contributed by atoms with Gasteiger partial charge in [-0.25, -0.2) is 5.43 Å². The lowest BCUT2D eigenvalue weighted by Gasteiger charge is -2.12. The van der Waals surface area contributed by atoms with Crippen LogP contribution < -0.4 is 20.2 Å². The third kappa shape index (κ3) is 5.55. The van der Waals surface area contributed by atoms with Crippen molar-refractivity contribution in [3.05, 3.63) is 52.5 Å². The van der Waals surface area contributed by atoms with Crippen LogP contribution in [0, 0.1) is 5.92 Å². The van der Waals surface area contributed by atoms with Crippen molar-refractivity contribution in [3.63, 3.8) is 0 Å². The molecule has 0 radical (unpaired) electrons. The minimum absolute atomic E-state index is 0.437. The van der Waals surface area contributed by atoms with Crippen molar-refractivity contribution in [1.29, 1.82) is 0 Å². The first-order chi connectivity index (χ1) is 13.0. The fourth-order valence-electron chi connectivity index (χ4n) is 2.13. The standard InChI is InChI=1S/C19H20BrN3O4/c1-12(18(24)22-16-7-5-4-6-15(16)20)19(25)23-21-11-13-10-14(26-2)8-9-17(13)27-3/h4-12H,1-3H3,(H,22,24)(H,23,25). The number of hydrogen-bond donors (Lipinski definition) is 2. The predicted molar refractivity (Wildman–Crippen MR) is 107 cm³/mol. The lowest BCUT2D eigenvalue weighted by Crippen LogP contribution is -2.34. The van der Waals surface area contributed by atoms with Crippen LogP contribution in [0.2, 0.25) is 0 Å². The fourth-order valence-corrected chi connectivity index (χ4v) is 2.51. The number of para-hydroxylation sites is 1. The van der Waals surface area contributed by atoms with E-state index in [1.165, 1.54) is 20.2 Å². The van der Waals surface area contributed by atoms with Crippen LogP contribution in [0.15, 0.2) is 52.0 Å². The number of hydrogen-bond acceptors (Lipinski definition) is 5. The molecule has 0 aliphatic heterocycles. The summed E-state index contributed by atoms with van der Waals surface area (Å²) in [6.45, 7) is 1.50. The topological polar surface area (TPSA) is 89.0 Å². The molecule has 1 atom stereocenters. The van der Waals surface area contributed by atoms with Crippen molar-refractivity contribution >= 4 is 39.6 Å². The van der Waals surface area contributed by atoms with E-state index in [1.54, 1.807) is 43.5 Å². The van der Waals surface area contributed by atoms with E-state index in [9.17, 15) is 9.59 Å². The largest absolute Gasteiger partial charge is 0.497 e. The lowest BCUT2D eigenvalue weighted by atomic mass is 10.1. The number of benzene rings is 2. The van der Waals surface area contributed by atoms with Gasteiger partial charge in [-0.1, -0.05) is 12.1 Å². The molecule has 0 aliphatic carbocycles. The van der Waals surface area contributed by atoms with Gasteiger partial charge >= 0.3 is 0 Å². The first kappa shape index (κ1) is 20.4. The predicted octanol–water partition coefficient (Wildman–Crippen LogP) is 3.19. The summed E-state index contributed by atoms with van der Waals surface area (Å²) in [5.41, 5.74) is 3.58. The Bertz CT molecular complexity index is 855. The molecule has 0 saturated heterocycles. The average Bonchev–Trinajstić information content (AvgIpc) is 2.68. The number of amides is 2. The Kier molecular flexibility index (Phi) is 7.36. The van der Waals surface area contributed by atoms with Crippen LogP contribution in [0.3, 0.4) is 0 Å². The number of methoxy groups -OCH3 is 2. The first-order valence-electron chi connectivity index (χ1n) is 8.06. The van der Waals surface area contributed by atoms with Gasteiger partial charge in [0, 0.05) is 10.0 Å². The summed E-state index contributed by atoms with van der Waals surface area (Å²) in [5, 5.41) is 6.60. The van der Waals surface area contributed by atoms with Gasteiger partial charge in [-0.15, -0.1) is 0 Å². The SMILES string of the molecule is COc1ccc(OC)c(C=NNC(=O)C(C)C(=O)Nc2ccccc2Br)c1. The highest BCUT2D eigenvalue weighted by atomic mass is 79.9. The molecule has 0 spiro atoms. The molecule has 2 N–H and O–H groups in total. The van der Waals surface area contributed by atoms with Crippen molar-refractivity contribution in [1.82, 2.24) is 5.43 Å². The van der Waals surface area contributed by atoms with E-state index in [2.05, 4.69) is 31.8 Å². The molecule has 0 fully saturated rings. The normalized spacial score (nSPS) is 11.7. The van der Waals surface area contributed by atoms with E-state index in [0.29, 0.717) is 22.7 Å². The average molecular weight is 434 g/mol. The summed E-state index contributed by atoms with van der Waals surface area (Å²) < 4.78 is 11.1. The van der Waals surface area contributed by atoms with E-state index < -0.39 is 17.7 Å². The summed E-state index contributed by atoms with van der Waals surface area (Å²) in [5.74, 6) is -0.689. The molecule has 0 bridgehead atoms. The molecule has 2 rings (SSSR count). The molecule has 142 valence electrons. The number of rotatable bonds is 7. The molecular weight excluding hydrogens is 414 g/mol. The Labute approximate surface area is 165 Å². The second kappa shape index (κ2) is 9.72. The van der Waals surface area contributed by atoms with Crippen LogP contribution >= 0.6 is 15.9 Å². The van der Waals surface area contributed by atoms with Crippen molar-refractivity contribution in [3.8, 4) is 11.5 Å². The number of carbonyl (C=O) groups is 2. The summed E-state index contributed by atoms with van der Waals surface area (Å²) in [6, 6.07) is 12.4. The molecule has 7 nitrogen and oxygen atoms in total. The maximum absolute atomic E-state index is 12.2. The molecule has 0 aliphatic rings. The van der Waals surface area contributed by atoms with Gasteiger partial charge in [0.25, 0.3) is 5.91 Å². The van der Waals surface area contributed by atoms with E-state index in [4.69, 9.17) is 9.47 Å². The smallest absolute Gasteiger partial charge is 0.252 e. The van der Waals surface area contributed by atoms with Crippen molar-refractivity contribution < 1.29 is 19.1 Å². The number of nitrogens with zero attached hydrogens (tertiary/aromatic N) is 1. The zero-order valence-electron chi connectivity index (χ0n) is 15.2. The van der Waals surface area contributed by atoms with Crippen LogP contribution in [-0.2, 0) is 9.59 Å². The minimum atomic E-state index is -0.929. The Morgan fingerprint density at radius 1 is 1.11 bits per heavy atom. The summed E-state index contributed by atoms with van der Waals surface area (Å²) in [6.07, 6.45) is 1.43. The number of ether oxygens (including phenoxy) is 2. The number of carbonyl (C=O) groups excluding carboxylic acids is 2. The van der Waals surface area contributed by atoms with Gasteiger partial charge in [0.05, 0.1) is 26.1 Å². The molecular formula is C19H20BrN3O4. The highest BCUT2D eigenvalue weighted by molar-refractivity contribution is 9.10. The fraction of sp³-hybridized carbons (Fsp3) is 0.211.